The lowest BCUT2D eigenvalue weighted by molar-refractivity contribution is -0.174. The Labute approximate surface area is 177 Å². The Morgan fingerprint density at radius 3 is 2.57 bits per heavy atom. The molecule has 1 aromatic heterocycles. The van der Waals surface area contributed by atoms with Gasteiger partial charge in [-0.2, -0.15) is 4.31 Å². The Morgan fingerprint density at radius 2 is 1.97 bits per heavy atom. The molecule has 4 heterocycles. The van der Waals surface area contributed by atoms with Gasteiger partial charge in [0.2, 0.25) is 4.34 Å². The minimum Gasteiger partial charge on any atom is -0.373 e. The van der Waals surface area contributed by atoms with Crippen LogP contribution < -0.4 is 0 Å². The lowest BCUT2D eigenvalue weighted by atomic mass is 9.87. The summed E-state index contributed by atoms with van der Waals surface area (Å²) in [6.07, 6.45) is 2.32. The number of hydrogen-bond donors (Lipinski definition) is 0. The first-order valence-corrected chi connectivity index (χ1v) is 11.9. The quantitative estimate of drug-likeness (QED) is 0.600. The van der Waals surface area contributed by atoms with Crippen molar-refractivity contribution in [2.45, 2.75) is 48.1 Å². The van der Waals surface area contributed by atoms with E-state index in [-0.39, 0.29) is 29.8 Å². The Morgan fingerprint density at radius 1 is 1.30 bits per heavy atom. The summed E-state index contributed by atoms with van der Waals surface area (Å²) in [5, 5.41) is 2.15. The van der Waals surface area contributed by atoms with Crippen LogP contribution in [0.4, 0.5) is 4.79 Å². The van der Waals surface area contributed by atoms with Crippen molar-refractivity contribution in [3.8, 4) is 0 Å². The topological polar surface area (TPSA) is 126 Å². The van der Waals surface area contributed by atoms with Crippen molar-refractivity contribution >= 4 is 39.3 Å². The van der Waals surface area contributed by atoms with Crippen LogP contribution in [0.3, 0.4) is 0 Å². The van der Waals surface area contributed by atoms with E-state index in [2.05, 4.69) is 4.98 Å². The maximum atomic E-state index is 12.7. The summed E-state index contributed by atoms with van der Waals surface area (Å²) in [5.74, 6) is -1.04. The number of thiazole rings is 1. The number of nitrogens with zero attached hydrogens (tertiary/aromatic N) is 4. The maximum Gasteiger partial charge on any atom is 0.434 e. The van der Waals surface area contributed by atoms with Crippen LogP contribution in [0.5, 0.6) is 0 Å². The number of imide groups is 1. The third-order valence-corrected chi connectivity index (χ3v) is 8.91. The Hall–Kier alpha value is -2.09. The molecule has 3 aliphatic heterocycles. The predicted octanol–water partition coefficient (Wildman–Crippen LogP) is 0.588. The zero-order chi connectivity index (χ0) is 21.5. The summed E-state index contributed by atoms with van der Waals surface area (Å²) in [5.41, 5.74) is -0.520. The highest BCUT2D eigenvalue weighted by molar-refractivity contribution is 7.91. The first kappa shape index (κ1) is 21.2. The fourth-order valence-corrected chi connectivity index (χ4v) is 6.28. The maximum absolute atomic E-state index is 12.7. The summed E-state index contributed by atoms with van der Waals surface area (Å²) >= 11 is 1.07. The van der Waals surface area contributed by atoms with Crippen LogP contribution in [0, 0.1) is 0 Å². The van der Waals surface area contributed by atoms with Crippen molar-refractivity contribution < 1.29 is 32.4 Å². The van der Waals surface area contributed by atoms with Crippen LogP contribution in [0.2, 0.25) is 0 Å². The Kier molecular flexibility index (Phi) is 5.55. The molecule has 164 valence electrons. The van der Waals surface area contributed by atoms with Crippen LogP contribution in [-0.2, 0) is 29.2 Å². The Balaban J connectivity index is 1.33. The molecule has 1 atom stereocenters. The first-order chi connectivity index (χ1) is 14.2. The number of piperidine rings is 1. The molecule has 3 aliphatic rings. The lowest BCUT2D eigenvalue weighted by Crippen LogP contribution is -2.49. The summed E-state index contributed by atoms with van der Waals surface area (Å²) in [4.78, 5) is 45.8. The molecule has 3 fully saturated rings. The van der Waals surface area contributed by atoms with Crippen LogP contribution in [0.1, 0.15) is 32.1 Å². The largest absolute Gasteiger partial charge is 0.434 e. The average molecular weight is 459 g/mol. The van der Waals surface area contributed by atoms with Gasteiger partial charge in [-0.15, -0.1) is 16.4 Å². The summed E-state index contributed by atoms with van der Waals surface area (Å²) < 4.78 is 32.8. The number of carbonyl (C=O) groups excluding carboxylic acids is 3. The van der Waals surface area contributed by atoms with Gasteiger partial charge in [0.15, 0.2) is 0 Å². The number of sulfonamides is 1. The molecule has 1 unspecified atom stereocenters. The van der Waals surface area contributed by atoms with Crippen LogP contribution >= 0.6 is 11.3 Å². The van der Waals surface area contributed by atoms with Gasteiger partial charge in [-0.25, -0.2) is 18.2 Å². The van der Waals surface area contributed by atoms with E-state index in [1.807, 2.05) is 0 Å². The zero-order valence-electron chi connectivity index (χ0n) is 16.4. The van der Waals surface area contributed by atoms with Gasteiger partial charge in [0.1, 0.15) is 0 Å². The van der Waals surface area contributed by atoms with Crippen molar-refractivity contribution in [2.24, 2.45) is 0 Å². The third-order valence-electron chi connectivity index (χ3n) is 5.82. The fraction of sp³-hybridized carbons (Fsp3) is 0.647. The van der Waals surface area contributed by atoms with Crippen molar-refractivity contribution in [1.82, 2.24) is 19.3 Å². The minimum atomic E-state index is -3.68. The normalized spacial score (nSPS) is 24.3. The number of likely N-dealkylation sites (N-methyl/N-ethyl adjacent to an activating group) is 1. The van der Waals surface area contributed by atoms with Crippen LogP contribution in [-0.4, -0.2) is 84.0 Å². The van der Waals surface area contributed by atoms with Gasteiger partial charge >= 0.3 is 6.09 Å². The standard InChI is InChI=1S/C17H22N4O7S2/c1-19(30(25,26)15-18-6-9-29-15)12-10-17(27-11-12)4-7-20(8-5-17)16(24)28-21-13(22)2-3-14(21)23/h6,9,12H,2-5,7-8,10-11H2,1H3. The molecule has 11 nitrogen and oxygen atoms in total. The fourth-order valence-electron chi connectivity index (χ4n) is 3.95. The molecule has 4 rings (SSSR count). The highest BCUT2D eigenvalue weighted by Crippen LogP contribution is 2.38. The molecule has 13 heteroatoms. The second-order valence-electron chi connectivity index (χ2n) is 7.60. The van der Waals surface area contributed by atoms with Gasteiger partial charge in [-0.05, 0) is 19.3 Å². The van der Waals surface area contributed by atoms with Gasteiger partial charge in [-0.3, -0.25) is 9.59 Å². The van der Waals surface area contributed by atoms with Crippen LogP contribution in [0.25, 0.3) is 0 Å². The molecule has 0 radical (unpaired) electrons. The first-order valence-electron chi connectivity index (χ1n) is 9.56. The van der Waals surface area contributed by atoms with Gasteiger partial charge < -0.3 is 14.5 Å². The van der Waals surface area contributed by atoms with E-state index in [1.54, 1.807) is 5.38 Å². The van der Waals surface area contributed by atoms with Gasteiger partial charge in [-0.1, -0.05) is 0 Å². The molecule has 1 aromatic rings. The zero-order valence-corrected chi connectivity index (χ0v) is 18.0. The second kappa shape index (κ2) is 7.87. The Bertz CT molecular complexity index is 925. The van der Waals surface area contributed by atoms with Crippen molar-refractivity contribution in [3.63, 3.8) is 0 Å². The van der Waals surface area contributed by atoms with Gasteiger partial charge in [0.05, 0.1) is 18.2 Å². The molecular weight excluding hydrogens is 436 g/mol. The van der Waals surface area contributed by atoms with E-state index in [9.17, 15) is 22.8 Å². The number of hydrogen-bond acceptors (Lipinski definition) is 9. The number of likely N-dealkylation sites (tertiary alicyclic amines) is 1. The smallest absolute Gasteiger partial charge is 0.373 e. The van der Waals surface area contributed by atoms with E-state index in [0.717, 1.165) is 11.3 Å². The number of aromatic nitrogens is 1. The molecule has 3 saturated heterocycles. The van der Waals surface area contributed by atoms with E-state index in [0.29, 0.717) is 37.4 Å². The molecular formula is C17H22N4O7S2. The van der Waals surface area contributed by atoms with E-state index < -0.39 is 33.5 Å². The van der Waals surface area contributed by atoms with Crippen molar-refractivity contribution in [3.05, 3.63) is 11.6 Å². The molecule has 0 aromatic carbocycles. The molecule has 30 heavy (non-hydrogen) atoms. The predicted molar refractivity (Wildman–Crippen MR) is 103 cm³/mol. The van der Waals surface area contributed by atoms with Crippen molar-refractivity contribution in [2.75, 3.05) is 26.7 Å². The van der Waals surface area contributed by atoms with E-state index in [1.165, 1.54) is 22.4 Å². The molecule has 0 saturated carbocycles. The monoisotopic (exact) mass is 458 g/mol. The summed E-state index contributed by atoms with van der Waals surface area (Å²) in [6.45, 7) is 0.914. The SMILES string of the molecule is CN(C1COC2(CCN(C(=O)ON3C(=O)CCC3=O)CC2)C1)S(=O)(=O)c1nccs1. The van der Waals surface area contributed by atoms with Gasteiger partial charge in [0.25, 0.3) is 21.8 Å². The van der Waals surface area contributed by atoms with Crippen LogP contribution in [0.15, 0.2) is 15.9 Å². The highest BCUT2D eigenvalue weighted by Gasteiger charge is 2.47. The number of hydroxylamine groups is 2. The lowest BCUT2D eigenvalue weighted by Gasteiger charge is -2.38. The van der Waals surface area contributed by atoms with E-state index in [4.69, 9.17) is 9.57 Å². The summed E-state index contributed by atoms with van der Waals surface area (Å²) in [6, 6.07) is -0.322. The molecule has 0 bridgehead atoms. The second-order valence-corrected chi connectivity index (χ2v) is 10.7. The average Bonchev–Trinajstić information content (AvgIpc) is 3.46. The number of rotatable bonds is 4. The van der Waals surface area contributed by atoms with E-state index >= 15 is 0 Å². The molecule has 1 spiro atoms. The number of carbonyl (C=O) groups is 3. The minimum absolute atomic E-state index is 0.0435. The third kappa shape index (κ3) is 3.82. The molecule has 0 aliphatic carbocycles. The number of ether oxygens (including phenoxy) is 1. The highest BCUT2D eigenvalue weighted by atomic mass is 32.2. The summed E-state index contributed by atoms with van der Waals surface area (Å²) in [7, 11) is -2.15. The molecule has 0 N–H and O–H groups in total. The molecule has 3 amide bonds. The number of amides is 3. The van der Waals surface area contributed by atoms with Gasteiger partial charge in [0, 0.05) is 44.6 Å². The van der Waals surface area contributed by atoms with Crippen molar-refractivity contribution in [1.29, 1.82) is 0 Å².